The lowest BCUT2D eigenvalue weighted by atomic mass is 10.1. The molecule has 0 spiro atoms. The monoisotopic (exact) mass is 200 g/mol. The van der Waals surface area contributed by atoms with E-state index in [1.807, 2.05) is 0 Å². The minimum absolute atomic E-state index is 0.722. The van der Waals surface area contributed by atoms with Gasteiger partial charge in [-0.25, -0.2) is 4.79 Å². The van der Waals surface area contributed by atoms with Crippen LogP contribution in [0.4, 0.5) is 18.0 Å². The van der Waals surface area contributed by atoms with Crippen LogP contribution in [0.3, 0.4) is 0 Å². The maximum absolute atomic E-state index is 13.2. The summed E-state index contributed by atoms with van der Waals surface area (Å²) >= 11 is 0. The maximum Gasteiger partial charge on any atom is 0.508 e. The van der Waals surface area contributed by atoms with Crippen LogP contribution in [-0.4, -0.2) is 23.0 Å². The molecule has 78 valence electrons. The van der Waals surface area contributed by atoms with Crippen LogP contribution in [0.25, 0.3) is 0 Å². The summed E-state index contributed by atoms with van der Waals surface area (Å²) in [5.74, 6) is -7.21. The average molecular weight is 200 g/mol. The van der Waals surface area contributed by atoms with Gasteiger partial charge < -0.3 is 9.84 Å². The fourth-order valence-electron chi connectivity index (χ4n) is 0.808. The fourth-order valence-corrected chi connectivity index (χ4v) is 0.808. The molecule has 0 saturated heterocycles. The van der Waals surface area contributed by atoms with E-state index < -0.39 is 30.8 Å². The third-order valence-corrected chi connectivity index (χ3v) is 1.69. The summed E-state index contributed by atoms with van der Waals surface area (Å²) in [4.78, 5) is 9.94. The van der Waals surface area contributed by atoms with E-state index in [1.54, 1.807) is 0 Å². The van der Waals surface area contributed by atoms with Crippen LogP contribution in [0, 0.1) is 0 Å². The first-order valence-corrected chi connectivity index (χ1v) is 3.77. The van der Waals surface area contributed by atoms with Crippen LogP contribution < -0.4 is 0 Å². The first-order chi connectivity index (χ1) is 5.79. The van der Waals surface area contributed by atoms with Crippen molar-refractivity contribution >= 4 is 6.16 Å². The molecule has 0 aromatic carbocycles. The van der Waals surface area contributed by atoms with Gasteiger partial charge in [0.2, 0.25) is 0 Å². The molecule has 0 saturated carbocycles. The van der Waals surface area contributed by atoms with E-state index >= 15 is 0 Å². The molecule has 1 unspecified atom stereocenters. The Morgan fingerprint density at radius 3 is 2.00 bits per heavy atom. The number of halogens is 3. The largest absolute Gasteiger partial charge is 0.508 e. The van der Waals surface area contributed by atoms with Crippen molar-refractivity contribution in [2.45, 2.75) is 38.5 Å². The highest BCUT2D eigenvalue weighted by molar-refractivity contribution is 5.57. The summed E-state index contributed by atoms with van der Waals surface area (Å²) in [6.45, 7) is 2.14. The molecule has 0 rings (SSSR count). The van der Waals surface area contributed by atoms with Crippen LogP contribution in [0.5, 0.6) is 0 Å². The van der Waals surface area contributed by atoms with Gasteiger partial charge in [-0.1, -0.05) is 13.8 Å². The van der Waals surface area contributed by atoms with Gasteiger partial charge >= 0.3 is 17.9 Å². The van der Waals surface area contributed by atoms with Gasteiger partial charge in [-0.05, 0) is 0 Å². The van der Waals surface area contributed by atoms with E-state index in [-0.39, 0.29) is 0 Å². The normalized spacial score (nSPS) is 16.4. The SMILES string of the molecule is CCC(F)(F)C(F)(CC)OC(=O)O. The molecule has 0 aliphatic heterocycles. The van der Waals surface area contributed by atoms with E-state index in [4.69, 9.17) is 5.11 Å². The number of ether oxygens (including phenoxy) is 1. The number of alkyl halides is 3. The molecule has 13 heavy (non-hydrogen) atoms. The van der Waals surface area contributed by atoms with Gasteiger partial charge in [-0.2, -0.15) is 13.2 Å². The molecule has 0 aromatic rings. The molecule has 0 aliphatic carbocycles. The van der Waals surface area contributed by atoms with Gasteiger partial charge in [0, 0.05) is 12.8 Å². The zero-order valence-corrected chi connectivity index (χ0v) is 7.31. The van der Waals surface area contributed by atoms with E-state index in [0.29, 0.717) is 0 Å². The maximum atomic E-state index is 13.2. The van der Waals surface area contributed by atoms with Crippen LogP contribution >= 0.6 is 0 Å². The van der Waals surface area contributed by atoms with Gasteiger partial charge in [-0.15, -0.1) is 0 Å². The molecule has 0 aliphatic rings. The molecular formula is C7H11F3O3. The van der Waals surface area contributed by atoms with Gasteiger partial charge in [0.25, 0.3) is 0 Å². The van der Waals surface area contributed by atoms with Crippen LogP contribution in [0.15, 0.2) is 0 Å². The van der Waals surface area contributed by atoms with Crippen molar-refractivity contribution in [2.24, 2.45) is 0 Å². The summed E-state index contributed by atoms with van der Waals surface area (Å²) in [6.07, 6.45) is -3.58. The van der Waals surface area contributed by atoms with Crippen molar-refractivity contribution in [3.8, 4) is 0 Å². The van der Waals surface area contributed by atoms with Gasteiger partial charge in [0.1, 0.15) is 0 Å². The predicted molar refractivity (Wildman–Crippen MR) is 38.5 cm³/mol. The fraction of sp³-hybridized carbons (Fsp3) is 0.857. The molecule has 0 bridgehead atoms. The van der Waals surface area contributed by atoms with E-state index in [1.165, 1.54) is 0 Å². The number of hydrogen-bond donors (Lipinski definition) is 1. The predicted octanol–water partition coefficient (Wildman–Crippen LogP) is 2.80. The first-order valence-electron chi connectivity index (χ1n) is 3.77. The third kappa shape index (κ3) is 2.50. The zero-order valence-electron chi connectivity index (χ0n) is 7.31. The summed E-state index contributed by atoms with van der Waals surface area (Å²) in [5, 5.41) is 8.04. The van der Waals surface area contributed by atoms with E-state index in [9.17, 15) is 18.0 Å². The standard InChI is InChI=1S/C7H11F3O3/c1-3-6(8,9)7(10,4-2)13-5(11)12/h3-4H2,1-2H3,(H,11,12). The Hall–Kier alpha value is -0.940. The molecule has 0 fully saturated rings. The Balaban J connectivity index is 4.71. The Bertz CT molecular complexity index is 195. The Morgan fingerprint density at radius 1 is 1.31 bits per heavy atom. The highest BCUT2D eigenvalue weighted by atomic mass is 19.3. The molecule has 1 N–H and O–H groups in total. The second-order valence-electron chi connectivity index (χ2n) is 2.51. The second kappa shape index (κ2) is 3.85. The topological polar surface area (TPSA) is 46.5 Å². The lowest BCUT2D eigenvalue weighted by Gasteiger charge is -2.29. The van der Waals surface area contributed by atoms with E-state index in [0.717, 1.165) is 13.8 Å². The minimum atomic E-state index is -3.79. The van der Waals surface area contributed by atoms with Gasteiger partial charge in [0.05, 0.1) is 0 Å². The summed E-state index contributed by atoms with van der Waals surface area (Å²) in [7, 11) is 0. The lowest BCUT2D eigenvalue weighted by Crippen LogP contribution is -2.46. The lowest BCUT2D eigenvalue weighted by molar-refractivity contribution is -0.258. The Kier molecular flexibility index (Phi) is 3.57. The zero-order chi connectivity index (χ0) is 10.7. The van der Waals surface area contributed by atoms with Crippen molar-refractivity contribution in [1.29, 1.82) is 0 Å². The number of carboxylic acid groups (broad SMARTS) is 1. The van der Waals surface area contributed by atoms with Gasteiger partial charge in [-0.3, -0.25) is 0 Å². The molecular weight excluding hydrogens is 189 g/mol. The number of hydrogen-bond acceptors (Lipinski definition) is 2. The van der Waals surface area contributed by atoms with Crippen LogP contribution in [-0.2, 0) is 4.74 Å². The molecule has 1 atom stereocenters. The Labute approximate surface area is 73.5 Å². The summed E-state index contributed by atoms with van der Waals surface area (Å²) in [5.41, 5.74) is 0. The van der Waals surface area contributed by atoms with Crippen molar-refractivity contribution in [3.63, 3.8) is 0 Å². The third-order valence-electron chi connectivity index (χ3n) is 1.69. The average Bonchev–Trinajstić information content (AvgIpc) is 2.02. The number of rotatable bonds is 4. The number of carbonyl (C=O) groups is 1. The van der Waals surface area contributed by atoms with E-state index in [2.05, 4.69) is 4.74 Å². The minimum Gasteiger partial charge on any atom is -0.450 e. The second-order valence-corrected chi connectivity index (χ2v) is 2.51. The van der Waals surface area contributed by atoms with Crippen molar-refractivity contribution in [2.75, 3.05) is 0 Å². The Morgan fingerprint density at radius 2 is 1.77 bits per heavy atom. The van der Waals surface area contributed by atoms with Crippen molar-refractivity contribution in [1.82, 2.24) is 0 Å². The van der Waals surface area contributed by atoms with Crippen LogP contribution in [0.2, 0.25) is 0 Å². The molecule has 0 radical (unpaired) electrons. The van der Waals surface area contributed by atoms with Crippen molar-refractivity contribution < 1.29 is 27.8 Å². The molecule has 0 aromatic heterocycles. The highest BCUT2D eigenvalue weighted by Gasteiger charge is 2.55. The molecule has 6 heteroatoms. The smallest absolute Gasteiger partial charge is 0.450 e. The highest BCUT2D eigenvalue weighted by Crippen LogP contribution is 2.38. The summed E-state index contributed by atoms with van der Waals surface area (Å²) < 4.78 is 42.3. The van der Waals surface area contributed by atoms with Crippen molar-refractivity contribution in [3.05, 3.63) is 0 Å². The van der Waals surface area contributed by atoms with Gasteiger partial charge in [0.15, 0.2) is 0 Å². The molecule has 0 heterocycles. The quantitative estimate of drug-likeness (QED) is 0.709. The molecule has 3 nitrogen and oxygen atoms in total. The first kappa shape index (κ1) is 12.1. The molecule has 0 amide bonds. The van der Waals surface area contributed by atoms with Crippen LogP contribution in [0.1, 0.15) is 26.7 Å². The summed E-state index contributed by atoms with van der Waals surface area (Å²) in [6, 6.07) is 0.